The Kier molecular flexibility index (Phi) is 4.17. The van der Waals surface area contributed by atoms with Gasteiger partial charge in [-0.25, -0.2) is 9.37 Å². The van der Waals surface area contributed by atoms with Gasteiger partial charge in [-0.05, 0) is 31.5 Å². The number of amides is 1. The maximum absolute atomic E-state index is 13.0. The number of nitrogens with one attached hydrogen (secondary N) is 1. The predicted molar refractivity (Wildman–Crippen MR) is 74.2 cm³/mol. The van der Waals surface area contributed by atoms with Gasteiger partial charge in [-0.1, -0.05) is 11.6 Å². The molecule has 1 amide bonds. The lowest BCUT2D eigenvalue weighted by Crippen LogP contribution is -2.23. The molecule has 0 saturated carbocycles. The van der Waals surface area contributed by atoms with Crippen molar-refractivity contribution in [3.8, 4) is 0 Å². The zero-order valence-corrected chi connectivity index (χ0v) is 12.0. The molecule has 2 rings (SSSR count). The first-order valence-electron chi connectivity index (χ1n) is 5.62. The van der Waals surface area contributed by atoms with E-state index in [0.29, 0.717) is 6.54 Å². The van der Waals surface area contributed by atoms with E-state index in [0.717, 1.165) is 17.1 Å². The van der Waals surface area contributed by atoms with Crippen molar-refractivity contribution in [3.05, 3.63) is 50.2 Å². The number of thiophene rings is 1. The molecule has 0 aliphatic rings. The van der Waals surface area contributed by atoms with Gasteiger partial charge < -0.3 is 5.32 Å². The lowest BCUT2D eigenvalue weighted by Gasteiger charge is -2.05. The summed E-state index contributed by atoms with van der Waals surface area (Å²) in [6.07, 6.45) is 0.977. The molecule has 100 valence electrons. The van der Waals surface area contributed by atoms with Gasteiger partial charge >= 0.3 is 0 Å². The summed E-state index contributed by atoms with van der Waals surface area (Å²) < 4.78 is 13.0. The maximum atomic E-state index is 13.0. The van der Waals surface area contributed by atoms with Gasteiger partial charge in [0.05, 0.1) is 18.3 Å². The summed E-state index contributed by atoms with van der Waals surface area (Å²) in [5, 5.41) is 2.70. The van der Waals surface area contributed by atoms with Crippen LogP contribution >= 0.6 is 22.9 Å². The van der Waals surface area contributed by atoms with Crippen molar-refractivity contribution in [3.63, 3.8) is 0 Å². The number of aryl methyl sites for hydroxylation is 2. The fourth-order valence-electron chi connectivity index (χ4n) is 1.58. The molecule has 2 aromatic rings. The second kappa shape index (κ2) is 5.67. The molecule has 2 heterocycles. The maximum Gasteiger partial charge on any atom is 0.254 e. The summed E-state index contributed by atoms with van der Waals surface area (Å²) in [4.78, 5) is 17.8. The van der Waals surface area contributed by atoms with Gasteiger partial charge in [-0.2, -0.15) is 0 Å². The highest BCUT2D eigenvalue weighted by Crippen LogP contribution is 2.20. The first-order chi connectivity index (χ1) is 8.97. The SMILES string of the molecule is Cc1cc(CNC(=O)c2cc(F)cnc2Cl)sc1C. The number of aromatic nitrogens is 1. The van der Waals surface area contributed by atoms with Crippen molar-refractivity contribution < 1.29 is 9.18 Å². The van der Waals surface area contributed by atoms with Gasteiger partial charge in [-0.3, -0.25) is 4.79 Å². The molecule has 0 spiro atoms. The normalized spacial score (nSPS) is 10.5. The number of halogens is 2. The van der Waals surface area contributed by atoms with Gasteiger partial charge in [0.25, 0.3) is 5.91 Å². The minimum atomic E-state index is -0.586. The summed E-state index contributed by atoms with van der Waals surface area (Å²) in [6.45, 7) is 4.44. The van der Waals surface area contributed by atoms with Gasteiger partial charge in [0, 0.05) is 9.75 Å². The molecule has 0 unspecified atom stereocenters. The molecule has 0 aliphatic heterocycles. The third-order valence-electron chi connectivity index (χ3n) is 2.69. The molecular weight excluding hydrogens is 287 g/mol. The third-order valence-corrected chi connectivity index (χ3v) is 4.14. The smallest absolute Gasteiger partial charge is 0.254 e. The first-order valence-corrected chi connectivity index (χ1v) is 6.82. The Hall–Kier alpha value is -1.46. The van der Waals surface area contributed by atoms with Crippen LogP contribution in [0.1, 0.15) is 25.7 Å². The second-order valence-corrected chi connectivity index (χ2v) is 5.83. The van der Waals surface area contributed by atoms with E-state index in [-0.39, 0.29) is 10.7 Å². The fourth-order valence-corrected chi connectivity index (χ4v) is 2.76. The molecule has 2 aromatic heterocycles. The highest BCUT2D eigenvalue weighted by Gasteiger charge is 2.13. The number of nitrogens with zero attached hydrogens (tertiary/aromatic N) is 1. The van der Waals surface area contributed by atoms with Crippen LogP contribution in [-0.2, 0) is 6.54 Å². The summed E-state index contributed by atoms with van der Waals surface area (Å²) >= 11 is 7.39. The molecule has 0 radical (unpaired) electrons. The fraction of sp³-hybridized carbons (Fsp3) is 0.231. The molecule has 0 bridgehead atoms. The number of carbonyl (C=O) groups is 1. The van der Waals surface area contributed by atoms with Gasteiger partial charge in [0.2, 0.25) is 0 Å². The van der Waals surface area contributed by atoms with Crippen molar-refractivity contribution in [2.75, 3.05) is 0 Å². The van der Waals surface area contributed by atoms with E-state index in [1.54, 1.807) is 11.3 Å². The first kappa shape index (κ1) is 14.0. The van der Waals surface area contributed by atoms with Crippen molar-refractivity contribution in [2.24, 2.45) is 0 Å². The molecule has 0 atom stereocenters. The number of hydrogen-bond donors (Lipinski definition) is 1. The van der Waals surface area contributed by atoms with E-state index in [2.05, 4.69) is 10.3 Å². The Morgan fingerprint density at radius 3 is 2.84 bits per heavy atom. The Morgan fingerprint density at radius 2 is 2.21 bits per heavy atom. The average molecular weight is 299 g/mol. The number of pyridine rings is 1. The van der Waals surface area contributed by atoms with E-state index < -0.39 is 11.7 Å². The predicted octanol–water partition coefficient (Wildman–Crippen LogP) is 3.48. The molecule has 6 heteroatoms. The van der Waals surface area contributed by atoms with E-state index >= 15 is 0 Å². The van der Waals surface area contributed by atoms with Crippen molar-refractivity contribution >= 4 is 28.8 Å². The molecule has 0 aromatic carbocycles. The summed E-state index contributed by atoms with van der Waals surface area (Å²) in [7, 11) is 0. The highest BCUT2D eigenvalue weighted by atomic mass is 35.5. The van der Waals surface area contributed by atoms with Crippen LogP contribution < -0.4 is 5.32 Å². The monoisotopic (exact) mass is 298 g/mol. The molecule has 19 heavy (non-hydrogen) atoms. The average Bonchev–Trinajstić information content (AvgIpc) is 2.69. The minimum Gasteiger partial charge on any atom is -0.347 e. The quantitative estimate of drug-likeness (QED) is 0.882. The Morgan fingerprint density at radius 1 is 1.47 bits per heavy atom. The lowest BCUT2D eigenvalue weighted by molar-refractivity contribution is 0.0950. The molecule has 1 N–H and O–H groups in total. The molecular formula is C13H12ClFN2OS. The second-order valence-electron chi connectivity index (χ2n) is 4.13. The summed E-state index contributed by atoms with van der Waals surface area (Å²) in [5.41, 5.74) is 1.24. The third kappa shape index (κ3) is 3.30. The molecule has 0 fully saturated rings. The van der Waals surface area contributed by atoms with Gasteiger partial charge in [0.15, 0.2) is 0 Å². The number of hydrogen-bond acceptors (Lipinski definition) is 3. The summed E-state index contributed by atoms with van der Waals surface area (Å²) in [6, 6.07) is 3.10. The van der Waals surface area contributed by atoms with Gasteiger partial charge in [0.1, 0.15) is 11.0 Å². The van der Waals surface area contributed by atoms with E-state index in [1.807, 2.05) is 19.9 Å². The van der Waals surface area contributed by atoms with Crippen LogP contribution in [0.15, 0.2) is 18.3 Å². The highest BCUT2D eigenvalue weighted by molar-refractivity contribution is 7.12. The van der Waals surface area contributed by atoms with Crippen LogP contribution in [-0.4, -0.2) is 10.9 Å². The van der Waals surface area contributed by atoms with Crippen LogP contribution in [0.4, 0.5) is 4.39 Å². The van der Waals surface area contributed by atoms with Crippen LogP contribution in [0.2, 0.25) is 5.15 Å². The topological polar surface area (TPSA) is 42.0 Å². The van der Waals surface area contributed by atoms with Crippen molar-refractivity contribution in [1.29, 1.82) is 0 Å². The minimum absolute atomic E-state index is 0.00237. The van der Waals surface area contributed by atoms with Crippen LogP contribution in [0.25, 0.3) is 0 Å². The van der Waals surface area contributed by atoms with E-state index in [9.17, 15) is 9.18 Å². The van der Waals surface area contributed by atoms with Crippen LogP contribution in [0, 0.1) is 19.7 Å². The number of rotatable bonds is 3. The standard InChI is InChI=1S/C13H12ClFN2OS/c1-7-3-10(19-8(7)2)6-17-13(18)11-4-9(15)5-16-12(11)14/h3-5H,6H2,1-2H3,(H,17,18). The lowest BCUT2D eigenvalue weighted by atomic mass is 10.2. The Balaban J connectivity index is 2.07. The molecule has 0 aliphatic carbocycles. The zero-order chi connectivity index (χ0) is 14.0. The molecule has 0 saturated heterocycles. The van der Waals surface area contributed by atoms with Crippen molar-refractivity contribution in [1.82, 2.24) is 10.3 Å². The largest absolute Gasteiger partial charge is 0.347 e. The van der Waals surface area contributed by atoms with Crippen LogP contribution in [0.5, 0.6) is 0 Å². The van der Waals surface area contributed by atoms with E-state index in [1.165, 1.54) is 10.4 Å². The Bertz CT molecular complexity index is 608. The van der Waals surface area contributed by atoms with Crippen molar-refractivity contribution in [2.45, 2.75) is 20.4 Å². The summed E-state index contributed by atoms with van der Waals surface area (Å²) in [5.74, 6) is -1.02. The van der Waals surface area contributed by atoms with Crippen LogP contribution in [0.3, 0.4) is 0 Å². The number of carbonyl (C=O) groups excluding carboxylic acids is 1. The van der Waals surface area contributed by atoms with E-state index in [4.69, 9.17) is 11.6 Å². The zero-order valence-electron chi connectivity index (χ0n) is 10.5. The molecule has 3 nitrogen and oxygen atoms in total. The Labute approximate surface area is 119 Å². The van der Waals surface area contributed by atoms with Gasteiger partial charge in [-0.15, -0.1) is 11.3 Å².